The molecule has 5 rings (SSSR count). The van der Waals surface area contributed by atoms with Crippen molar-refractivity contribution in [2.24, 2.45) is 11.8 Å². The van der Waals surface area contributed by atoms with Gasteiger partial charge in [-0.2, -0.15) is 0 Å². The molecule has 2 aromatic rings. The first-order chi connectivity index (χ1) is 17.9. The summed E-state index contributed by atoms with van der Waals surface area (Å²) in [6, 6.07) is 9.93. The number of piperidine rings is 1. The number of imidazole rings is 1. The summed E-state index contributed by atoms with van der Waals surface area (Å²) in [5.41, 5.74) is 1.71. The van der Waals surface area contributed by atoms with Gasteiger partial charge in [-0.05, 0) is 49.5 Å². The molecule has 2 aliphatic heterocycles. The molecule has 7 nitrogen and oxygen atoms in total. The minimum atomic E-state index is -0.260. The van der Waals surface area contributed by atoms with Gasteiger partial charge in [0.25, 0.3) is 0 Å². The van der Waals surface area contributed by atoms with Crippen LogP contribution in [0.4, 0.5) is 0 Å². The molecule has 1 aromatic heterocycles. The van der Waals surface area contributed by atoms with Gasteiger partial charge in [-0.1, -0.05) is 57.0 Å². The molecule has 0 spiro atoms. The second kappa shape index (κ2) is 11.5. The van der Waals surface area contributed by atoms with Gasteiger partial charge in [0.2, 0.25) is 11.8 Å². The number of nitrogens with zero attached hydrogens (tertiary/aromatic N) is 3. The summed E-state index contributed by atoms with van der Waals surface area (Å²) in [7, 11) is 0. The average Bonchev–Trinajstić information content (AvgIpc) is 3.64. The van der Waals surface area contributed by atoms with Crippen LogP contribution in [0, 0.1) is 11.8 Å². The summed E-state index contributed by atoms with van der Waals surface area (Å²) in [6.45, 7) is 6.45. The summed E-state index contributed by atoms with van der Waals surface area (Å²) in [5.74, 6) is 1.36. The van der Waals surface area contributed by atoms with Crippen LogP contribution in [0.15, 0.2) is 41.3 Å². The zero-order valence-corrected chi connectivity index (χ0v) is 22.9. The molecule has 2 saturated heterocycles. The van der Waals surface area contributed by atoms with E-state index in [-0.39, 0.29) is 42.0 Å². The summed E-state index contributed by atoms with van der Waals surface area (Å²) in [4.78, 5) is 46.3. The van der Waals surface area contributed by atoms with E-state index in [2.05, 4.69) is 23.7 Å². The predicted molar refractivity (Wildman–Crippen MR) is 150 cm³/mol. The van der Waals surface area contributed by atoms with E-state index >= 15 is 0 Å². The maximum absolute atomic E-state index is 13.4. The number of thioether (sulfide) groups is 1. The van der Waals surface area contributed by atoms with Crippen LogP contribution in [0.2, 0.25) is 0 Å². The quantitative estimate of drug-likeness (QED) is 0.516. The van der Waals surface area contributed by atoms with Gasteiger partial charge in [0.1, 0.15) is 0 Å². The topological polar surface area (TPSA) is 78.4 Å². The molecule has 0 radical (unpaired) electrons. The molecule has 1 saturated carbocycles. The second-order valence-electron chi connectivity index (χ2n) is 11.3. The van der Waals surface area contributed by atoms with Gasteiger partial charge < -0.3 is 14.8 Å². The minimum Gasteiger partial charge on any atom is -0.342 e. The third-order valence-corrected chi connectivity index (χ3v) is 9.93. The Kier molecular flexibility index (Phi) is 8.12. The SMILES string of the molecule is CC(C)CCN1C(=O)C(CC(=O)N2CCC(n3cc(-c4ccccc4)[nH]c3=O)CC2)SC1C1CCCC1.[HH]. The third kappa shape index (κ3) is 5.84. The van der Waals surface area contributed by atoms with E-state index in [0.29, 0.717) is 24.9 Å². The van der Waals surface area contributed by atoms with E-state index in [1.807, 2.05) is 41.4 Å². The van der Waals surface area contributed by atoms with Crippen molar-refractivity contribution in [3.05, 3.63) is 47.0 Å². The van der Waals surface area contributed by atoms with E-state index in [1.54, 1.807) is 16.3 Å². The normalized spacial score (nSPS) is 23.5. The van der Waals surface area contributed by atoms with Crippen LogP contribution in [0.3, 0.4) is 0 Å². The number of rotatable bonds is 8. The molecule has 202 valence electrons. The van der Waals surface area contributed by atoms with Crippen LogP contribution in [0.5, 0.6) is 0 Å². The summed E-state index contributed by atoms with van der Waals surface area (Å²) >= 11 is 1.75. The number of aromatic nitrogens is 2. The number of aromatic amines is 1. The first-order valence-corrected chi connectivity index (χ1v) is 14.9. The van der Waals surface area contributed by atoms with Gasteiger partial charge in [-0.15, -0.1) is 11.8 Å². The lowest BCUT2D eigenvalue weighted by atomic mass is 10.0. The smallest absolute Gasteiger partial charge is 0.326 e. The van der Waals surface area contributed by atoms with Gasteiger partial charge >= 0.3 is 5.69 Å². The Morgan fingerprint density at radius 3 is 2.46 bits per heavy atom. The van der Waals surface area contributed by atoms with Crippen LogP contribution in [0.25, 0.3) is 11.3 Å². The number of carbonyl (C=O) groups excluding carboxylic acids is 2. The van der Waals surface area contributed by atoms with Crippen LogP contribution in [0.1, 0.15) is 72.7 Å². The number of likely N-dealkylation sites (tertiary alicyclic amines) is 1. The molecule has 2 unspecified atom stereocenters. The van der Waals surface area contributed by atoms with Crippen molar-refractivity contribution in [3.8, 4) is 11.3 Å². The monoisotopic (exact) mass is 526 g/mol. The molecular formula is C29H42N4O3S. The number of benzene rings is 1. The van der Waals surface area contributed by atoms with E-state index < -0.39 is 0 Å². The average molecular weight is 527 g/mol. The first-order valence-electron chi connectivity index (χ1n) is 14.0. The lowest BCUT2D eigenvalue weighted by molar-refractivity contribution is -0.137. The van der Waals surface area contributed by atoms with Crippen molar-refractivity contribution in [3.63, 3.8) is 0 Å². The summed E-state index contributed by atoms with van der Waals surface area (Å²) in [5, 5.41) is -0.0275. The largest absolute Gasteiger partial charge is 0.342 e. The summed E-state index contributed by atoms with van der Waals surface area (Å²) < 4.78 is 1.79. The Morgan fingerprint density at radius 1 is 1.08 bits per heavy atom. The van der Waals surface area contributed by atoms with E-state index in [0.717, 1.165) is 37.1 Å². The van der Waals surface area contributed by atoms with Gasteiger partial charge in [0, 0.05) is 39.7 Å². The Bertz CT molecular complexity index is 1140. The Balaban J connectivity index is 0.00000336. The molecule has 0 bridgehead atoms. The molecule has 37 heavy (non-hydrogen) atoms. The van der Waals surface area contributed by atoms with Crippen molar-refractivity contribution in [2.75, 3.05) is 19.6 Å². The zero-order valence-electron chi connectivity index (χ0n) is 22.1. The number of hydrogen-bond acceptors (Lipinski definition) is 4. The van der Waals surface area contributed by atoms with Crippen LogP contribution in [-0.4, -0.2) is 61.4 Å². The van der Waals surface area contributed by atoms with E-state index in [4.69, 9.17) is 0 Å². The zero-order chi connectivity index (χ0) is 25.9. The third-order valence-electron chi connectivity index (χ3n) is 8.32. The van der Waals surface area contributed by atoms with Crippen LogP contribution < -0.4 is 5.69 Å². The van der Waals surface area contributed by atoms with Crippen molar-refractivity contribution in [1.29, 1.82) is 0 Å². The first kappa shape index (κ1) is 26.1. The number of hydrogen-bond donors (Lipinski definition) is 1. The number of amides is 2. The van der Waals surface area contributed by atoms with Gasteiger partial charge in [0.05, 0.1) is 16.3 Å². The lowest BCUT2D eigenvalue weighted by Gasteiger charge is -2.32. The Morgan fingerprint density at radius 2 is 1.78 bits per heavy atom. The molecule has 2 atom stereocenters. The number of H-pyrrole nitrogens is 1. The fourth-order valence-electron chi connectivity index (χ4n) is 6.12. The van der Waals surface area contributed by atoms with Gasteiger partial charge in [-0.25, -0.2) is 4.79 Å². The highest BCUT2D eigenvalue weighted by Crippen LogP contribution is 2.44. The molecule has 1 N–H and O–H groups in total. The number of nitrogens with one attached hydrogen (secondary N) is 1. The number of carbonyl (C=O) groups is 2. The molecule has 1 aliphatic carbocycles. The van der Waals surface area contributed by atoms with Gasteiger partial charge in [0.15, 0.2) is 0 Å². The fraction of sp³-hybridized carbons (Fsp3) is 0.621. The molecule has 3 aliphatic rings. The molecular weight excluding hydrogens is 484 g/mol. The molecule has 3 heterocycles. The van der Waals surface area contributed by atoms with Crippen molar-refractivity contribution in [2.45, 2.75) is 81.9 Å². The lowest BCUT2D eigenvalue weighted by Crippen LogP contribution is -2.42. The molecule has 3 fully saturated rings. The van der Waals surface area contributed by atoms with Crippen molar-refractivity contribution in [1.82, 2.24) is 19.4 Å². The standard InChI is InChI=1S/C29H40N4O3S.H2/c1-20(2)12-17-32-27(35)25(37-28(32)22-10-6-7-11-22)18-26(34)31-15-13-23(14-16-31)33-19-24(30-29(33)36)21-8-4-3-5-9-21;/h3-5,8-9,19-20,22-23,25,28H,6-7,10-18H2,1-2H3,(H,30,36);1H. The Labute approximate surface area is 225 Å². The highest BCUT2D eigenvalue weighted by Gasteiger charge is 2.45. The Hall–Kier alpha value is -2.48. The second-order valence-corrected chi connectivity index (χ2v) is 12.7. The van der Waals surface area contributed by atoms with Crippen molar-refractivity contribution < 1.29 is 11.0 Å². The van der Waals surface area contributed by atoms with Gasteiger partial charge in [-0.3, -0.25) is 14.2 Å². The fourth-order valence-corrected chi connectivity index (χ4v) is 7.79. The minimum absolute atomic E-state index is 0. The maximum atomic E-state index is 13.4. The van der Waals surface area contributed by atoms with E-state index in [1.165, 1.54) is 25.7 Å². The van der Waals surface area contributed by atoms with Crippen LogP contribution in [-0.2, 0) is 9.59 Å². The predicted octanol–water partition coefficient (Wildman–Crippen LogP) is 5.15. The summed E-state index contributed by atoms with van der Waals surface area (Å²) in [6.07, 6.45) is 9.59. The highest BCUT2D eigenvalue weighted by molar-refractivity contribution is 8.01. The highest BCUT2D eigenvalue weighted by atomic mass is 32.2. The molecule has 8 heteroatoms. The maximum Gasteiger partial charge on any atom is 0.326 e. The molecule has 1 aromatic carbocycles. The molecule has 2 amide bonds. The van der Waals surface area contributed by atoms with Crippen molar-refractivity contribution >= 4 is 23.6 Å². The van der Waals surface area contributed by atoms with Crippen LogP contribution >= 0.6 is 11.8 Å². The van der Waals surface area contributed by atoms with E-state index in [9.17, 15) is 14.4 Å².